The van der Waals surface area contributed by atoms with Crippen LogP contribution in [0.15, 0.2) is 24.3 Å². The van der Waals surface area contributed by atoms with Crippen LogP contribution in [-0.4, -0.2) is 25.3 Å². The molecule has 1 aromatic carbocycles. The van der Waals surface area contributed by atoms with Crippen LogP contribution >= 0.6 is 0 Å². The third-order valence-electron chi connectivity index (χ3n) is 3.38. The van der Waals surface area contributed by atoms with E-state index in [1.165, 1.54) is 4.90 Å². The van der Waals surface area contributed by atoms with E-state index in [1.807, 2.05) is 18.2 Å². The summed E-state index contributed by atoms with van der Waals surface area (Å²) in [5.74, 6) is 0. The lowest BCUT2D eigenvalue weighted by atomic mass is 10.1. The third kappa shape index (κ3) is 4.40. The van der Waals surface area contributed by atoms with Gasteiger partial charge in [-0.25, -0.2) is 0 Å². The molecule has 1 aliphatic carbocycles. The summed E-state index contributed by atoms with van der Waals surface area (Å²) in [5, 5.41) is 3.26. The topological polar surface area (TPSA) is 15.3 Å². The molecule has 112 valence electrons. The lowest BCUT2D eigenvalue weighted by molar-refractivity contribution is -0.120. The van der Waals surface area contributed by atoms with Gasteiger partial charge >= 0.3 is 6.18 Å². The first-order valence-corrected chi connectivity index (χ1v) is 7.13. The third-order valence-corrected chi connectivity index (χ3v) is 3.38. The Kier molecular flexibility index (Phi) is 4.91. The monoisotopic (exact) mass is 286 g/mol. The molecule has 0 radical (unpaired) electrons. The number of rotatable bonds is 7. The van der Waals surface area contributed by atoms with Crippen LogP contribution in [0.2, 0.25) is 0 Å². The van der Waals surface area contributed by atoms with Crippen LogP contribution in [0, 0.1) is 0 Å². The molecule has 0 saturated heterocycles. The number of nitrogens with one attached hydrogen (secondary N) is 1. The zero-order valence-electron chi connectivity index (χ0n) is 11.7. The summed E-state index contributed by atoms with van der Waals surface area (Å²) >= 11 is 0. The van der Waals surface area contributed by atoms with Crippen LogP contribution in [-0.2, 0) is 6.54 Å². The van der Waals surface area contributed by atoms with Crippen molar-refractivity contribution in [2.45, 2.75) is 44.9 Å². The molecule has 0 aliphatic heterocycles. The number of benzene rings is 1. The molecular weight excluding hydrogens is 265 g/mol. The fourth-order valence-electron chi connectivity index (χ4n) is 2.33. The summed E-state index contributed by atoms with van der Waals surface area (Å²) in [4.78, 5) is 1.52. The molecule has 0 aromatic heterocycles. The fourth-order valence-corrected chi connectivity index (χ4v) is 2.33. The van der Waals surface area contributed by atoms with Gasteiger partial charge in [0.15, 0.2) is 0 Å². The van der Waals surface area contributed by atoms with Crippen molar-refractivity contribution < 1.29 is 13.2 Å². The molecule has 0 bridgehead atoms. The van der Waals surface area contributed by atoms with E-state index in [1.54, 1.807) is 6.07 Å². The minimum atomic E-state index is -4.16. The van der Waals surface area contributed by atoms with Crippen molar-refractivity contribution in [1.29, 1.82) is 0 Å². The van der Waals surface area contributed by atoms with Gasteiger partial charge in [-0.1, -0.05) is 25.1 Å². The van der Waals surface area contributed by atoms with E-state index < -0.39 is 12.7 Å². The predicted octanol–water partition coefficient (Wildman–Crippen LogP) is 3.72. The molecule has 2 rings (SSSR count). The number of halogens is 3. The number of para-hydroxylation sites is 1. The molecule has 0 atom stereocenters. The van der Waals surface area contributed by atoms with Crippen molar-refractivity contribution in [3.8, 4) is 0 Å². The fraction of sp³-hybridized carbons (Fsp3) is 0.600. The van der Waals surface area contributed by atoms with Gasteiger partial charge in [0.1, 0.15) is 6.54 Å². The van der Waals surface area contributed by atoms with E-state index in [0.717, 1.165) is 37.1 Å². The second kappa shape index (κ2) is 6.48. The molecule has 1 saturated carbocycles. The number of anilines is 1. The Morgan fingerprint density at radius 1 is 1.25 bits per heavy atom. The van der Waals surface area contributed by atoms with E-state index in [9.17, 15) is 13.2 Å². The number of alkyl halides is 3. The standard InChI is InChI=1S/C15H21F3N2/c1-2-9-19-10-12-5-3-4-6-14(12)20(13-7-8-13)11-15(16,17)18/h3-6,13,19H,2,7-11H2,1H3. The largest absolute Gasteiger partial charge is 0.405 e. The minimum absolute atomic E-state index is 0.0453. The van der Waals surface area contributed by atoms with Gasteiger partial charge in [0.2, 0.25) is 0 Å². The van der Waals surface area contributed by atoms with Gasteiger partial charge in [0.25, 0.3) is 0 Å². The summed E-state index contributed by atoms with van der Waals surface area (Å²) < 4.78 is 38.3. The van der Waals surface area contributed by atoms with Crippen LogP contribution in [0.25, 0.3) is 0 Å². The smallest absolute Gasteiger partial charge is 0.359 e. The number of hydrogen-bond donors (Lipinski definition) is 1. The van der Waals surface area contributed by atoms with Crippen molar-refractivity contribution in [2.75, 3.05) is 18.0 Å². The van der Waals surface area contributed by atoms with E-state index in [-0.39, 0.29) is 6.04 Å². The molecule has 0 amide bonds. The molecule has 1 fully saturated rings. The van der Waals surface area contributed by atoms with Crippen LogP contribution < -0.4 is 10.2 Å². The van der Waals surface area contributed by atoms with E-state index >= 15 is 0 Å². The second-order valence-corrected chi connectivity index (χ2v) is 5.28. The Hall–Kier alpha value is -1.23. The molecule has 20 heavy (non-hydrogen) atoms. The molecule has 2 nitrogen and oxygen atoms in total. The Balaban J connectivity index is 2.15. The summed E-state index contributed by atoms with van der Waals surface area (Å²) in [6.07, 6.45) is -1.44. The normalized spacial score (nSPS) is 15.4. The SMILES string of the molecule is CCCNCc1ccccc1N(CC(F)(F)F)C1CC1. The van der Waals surface area contributed by atoms with Gasteiger partial charge in [-0.3, -0.25) is 0 Å². The van der Waals surface area contributed by atoms with Gasteiger partial charge in [0, 0.05) is 18.3 Å². The summed E-state index contributed by atoms with van der Waals surface area (Å²) in [6.45, 7) is 2.70. The highest BCUT2D eigenvalue weighted by Gasteiger charge is 2.38. The Morgan fingerprint density at radius 3 is 2.55 bits per heavy atom. The lowest BCUT2D eigenvalue weighted by Gasteiger charge is -2.28. The Bertz CT molecular complexity index is 427. The average molecular weight is 286 g/mol. The van der Waals surface area contributed by atoms with Crippen molar-refractivity contribution in [1.82, 2.24) is 5.32 Å². The quantitative estimate of drug-likeness (QED) is 0.769. The first-order valence-electron chi connectivity index (χ1n) is 7.13. The van der Waals surface area contributed by atoms with Crippen molar-refractivity contribution >= 4 is 5.69 Å². The van der Waals surface area contributed by atoms with Crippen molar-refractivity contribution in [3.63, 3.8) is 0 Å². The van der Waals surface area contributed by atoms with Gasteiger partial charge in [-0.2, -0.15) is 13.2 Å². The lowest BCUT2D eigenvalue weighted by Crippen LogP contribution is -2.36. The van der Waals surface area contributed by atoms with Gasteiger partial charge in [-0.05, 0) is 37.4 Å². The maximum absolute atomic E-state index is 12.8. The zero-order valence-corrected chi connectivity index (χ0v) is 11.7. The van der Waals surface area contributed by atoms with Crippen LogP contribution in [0.5, 0.6) is 0 Å². The highest BCUT2D eigenvalue weighted by atomic mass is 19.4. The van der Waals surface area contributed by atoms with Crippen LogP contribution in [0.3, 0.4) is 0 Å². The molecule has 0 heterocycles. The maximum atomic E-state index is 12.8. The van der Waals surface area contributed by atoms with Gasteiger partial charge < -0.3 is 10.2 Å². The minimum Gasteiger partial charge on any atom is -0.359 e. The highest BCUT2D eigenvalue weighted by molar-refractivity contribution is 5.55. The summed E-state index contributed by atoms with van der Waals surface area (Å²) in [7, 11) is 0. The van der Waals surface area contributed by atoms with E-state index in [2.05, 4.69) is 12.2 Å². The molecule has 0 spiro atoms. The molecule has 1 aliphatic rings. The Labute approximate surface area is 118 Å². The van der Waals surface area contributed by atoms with Crippen molar-refractivity contribution in [2.24, 2.45) is 0 Å². The average Bonchev–Trinajstić information content (AvgIpc) is 3.20. The summed E-state index contributed by atoms with van der Waals surface area (Å²) in [5.41, 5.74) is 1.66. The Morgan fingerprint density at radius 2 is 1.95 bits per heavy atom. The number of hydrogen-bond acceptors (Lipinski definition) is 2. The maximum Gasteiger partial charge on any atom is 0.405 e. The van der Waals surface area contributed by atoms with Gasteiger partial charge in [0.05, 0.1) is 0 Å². The zero-order chi connectivity index (χ0) is 14.6. The predicted molar refractivity (Wildman–Crippen MR) is 74.9 cm³/mol. The van der Waals surface area contributed by atoms with Crippen LogP contribution in [0.1, 0.15) is 31.7 Å². The molecule has 1 N–H and O–H groups in total. The first kappa shape index (κ1) is 15.2. The molecule has 5 heteroatoms. The second-order valence-electron chi connectivity index (χ2n) is 5.28. The van der Waals surface area contributed by atoms with E-state index in [4.69, 9.17) is 0 Å². The molecular formula is C15H21F3N2. The number of nitrogens with zero attached hydrogens (tertiary/aromatic N) is 1. The first-order chi connectivity index (χ1) is 9.51. The molecule has 0 unspecified atom stereocenters. The molecule has 1 aromatic rings. The highest BCUT2D eigenvalue weighted by Crippen LogP contribution is 2.36. The van der Waals surface area contributed by atoms with Crippen molar-refractivity contribution in [3.05, 3.63) is 29.8 Å². The summed E-state index contributed by atoms with van der Waals surface area (Å²) in [6, 6.07) is 7.44. The van der Waals surface area contributed by atoms with Crippen LogP contribution in [0.4, 0.5) is 18.9 Å². The van der Waals surface area contributed by atoms with Gasteiger partial charge in [-0.15, -0.1) is 0 Å². The van der Waals surface area contributed by atoms with E-state index in [0.29, 0.717) is 6.54 Å².